The Hall–Kier alpha value is -2.03. The molecule has 1 amide bonds. The molecule has 2 rings (SSSR count). The van der Waals surface area contributed by atoms with Crippen molar-refractivity contribution in [1.29, 1.82) is 0 Å². The number of hydrogen-bond donors (Lipinski definition) is 0. The van der Waals surface area contributed by atoms with Crippen molar-refractivity contribution < 1.29 is 9.53 Å². The van der Waals surface area contributed by atoms with Crippen molar-refractivity contribution in [3.63, 3.8) is 0 Å². The quantitative estimate of drug-likeness (QED) is 0.656. The van der Waals surface area contributed by atoms with Gasteiger partial charge in [0.2, 0.25) is 0 Å². The zero-order valence-electron chi connectivity index (χ0n) is 13.8. The molecule has 1 aromatic carbocycles. The second-order valence-corrected chi connectivity index (χ2v) is 6.08. The molecule has 0 aliphatic carbocycles. The Kier molecular flexibility index (Phi) is 6.92. The molecule has 1 aliphatic heterocycles. The van der Waals surface area contributed by atoms with E-state index in [1.165, 1.54) is 0 Å². The highest BCUT2D eigenvalue weighted by molar-refractivity contribution is 5.68. The first-order chi connectivity index (χ1) is 11.3. The molecule has 0 aromatic heterocycles. The molecule has 3 heteroatoms. The van der Waals surface area contributed by atoms with Gasteiger partial charge in [0, 0.05) is 12.1 Å². The highest BCUT2D eigenvalue weighted by Gasteiger charge is 2.34. The van der Waals surface area contributed by atoms with Gasteiger partial charge in [-0.15, -0.1) is 13.2 Å². The molecule has 3 nitrogen and oxygen atoms in total. The van der Waals surface area contributed by atoms with Crippen LogP contribution in [0.15, 0.2) is 55.6 Å². The molecule has 0 bridgehead atoms. The summed E-state index contributed by atoms with van der Waals surface area (Å²) in [6.07, 6.45) is 9.55. The number of allylic oxidation sites excluding steroid dienone is 1. The van der Waals surface area contributed by atoms with Gasteiger partial charge < -0.3 is 9.64 Å². The highest BCUT2D eigenvalue weighted by Crippen LogP contribution is 2.29. The Bertz CT molecular complexity index is 512. The summed E-state index contributed by atoms with van der Waals surface area (Å²) in [5.41, 5.74) is 1.01. The van der Waals surface area contributed by atoms with Crippen molar-refractivity contribution in [3.8, 4) is 0 Å². The number of rotatable bonds is 7. The first kappa shape index (κ1) is 17.3. The Balaban J connectivity index is 2.02. The molecular weight excluding hydrogens is 286 g/mol. The topological polar surface area (TPSA) is 29.5 Å². The summed E-state index contributed by atoms with van der Waals surface area (Å²) < 4.78 is 5.58. The van der Waals surface area contributed by atoms with Crippen molar-refractivity contribution in [2.24, 2.45) is 0 Å². The lowest BCUT2D eigenvalue weighted by Gasteiger charge is -2.41. The van der Waals surface area contributed by atoms with Crippen LogP contribution in [0.25, 0.3) is 0 Å². The van der Waals surface area contributed by atoms with Crippen molar-refractivity contribution >= 4 is 6.09 Å². The van der Waals surface area contributed by atoms with Gasteiger partial charge in [0.15, 0.2) is 0 Å². The molecule has 0 saturated carbocycles. The van der Waals surface area contributed by atoms with Gasteiger partial charge in [0.25, 0.3) is 0 Å². The Labute approximate surface area is 139 Å². The number of hydrogen-bond acceptors (Lipinski definition) is 2. The molecule has 0 N–H and O–H groups in total. The van der Waals surface area contributed by atoms with E-state index in [0.29, 0.717) is 6.61 Å². The number of carbonyl (C=O) groups excluding carboxylic acids is 1. The Morgan fingerprint density at radius 1 is 1.17 bits per heavy atom. The molecule has 23 heavy (non-hydrogen) atoms. The van der Waals surface area contributed by atoms with Gasteiger partial charge in [0.1, 0.15) is 6.61 Å². The largest absolute Gasteiger partial charge is 0.445 e. The first-order valence-electron chi connectivity index (χ1n) is 8.47. The standard InChI is InChI=1S/C20H27NO2/c1-3-5-13-19-15-9-14-18(10-4-2)21(19)20(22)23-16-17-11-7-6-8-12-17/h3-4,6-8,11-12,18-19H,1-2,5,9-10,13-16H2/t18-,19+/m1/s1. The third kappa shape index (κ3) is 4.98. The summed E-state index contributed by atoms with van der Waals surface area (Å²) in [6.45, 7) is 7.95. The first-order valence-corrected chi connectivity index (χ1v) is 8.47. The number of carbonyl (C=O) groups is 1. The van der Waals surface area contributed by atoms with Gasteiger partial charge in [-0.2, -0.15) is 0 Å². The lowest BCUT2D eigenvalue weighted by atomic mass is 9.91. The zero-order chi connectivity index (χ0) is 16.5. The molecule has 1 aliphatic rings. The fraction of sp³-hybridized carbons (Fsp3) is 0.450. The smallest absolute Gasteiger partial charge is 0.410 e. The molecular formula is C20H27NO2. The van der Waals surface area contributed by atoms with Crippen molar-refractivity contribution in [3.05, 3.63) is 61.2 Å². The lowest BCUT2D eigenvalue weighted by molar-refractivity contribution is 0.0401. The summed E-state index contributed by atoms with van der Waals surface area (Å²) >= 11 is 0. The lowest BCUT2D eigenvalue weighted by Crippen LogP contribution is -2.50. The number of piperidine rings is 1. The molecule has 1 saturated heterocycles. The van der Waals surface area contributed by atoms with E-state index in [4.69, 9.17) is 4.74 Å². The number of benzene rings is 1. The summed E-state index contributed by atoms with van der Waals surface area (Å²) in [5.74, 6) is 0. The normalized spacial score (nSPS) is 20.8. The minimum atomic E-state index is -0.200. The number of likely N-dealkylation sites (tertiary alicyclic amines) is 1. The van der Waals surface area contributed by atoms with Crippen LogP contribution in [0.4, 0.5) is 4.79 Å². The Morgan fingerprint density at radius 3 is 2.61 bits per heavy atom. The van der Waals surface area contributed by atoms with Crippen LogP contribution in [0.1, 0.15) is 44.1 Å². The van der Waals surface area contributed by atoms with Crippen LogP contribution in [0.3, 0.4) is 0 Å². The number of nitrogens with zero attached hydrogens (tertiary/aromatic N) is 1. The molecule has 0 unspecified atom stereocenters. The summed E-state index contributed by atoms with van der Waals surface area (Å²) in [4.78, 5) is 14.6. The molecule has 0 radical (unpaired) electrons. The van der Waals surface area contributed by atoms with Crippen LogP contribution < -0.4 is 0 Å². The van der Waals surface area contributed by atoms with Gasteiger partial charge >= 0.3 is 6.09 Å². The predicted octanol–water partition coefficient (Wildman–Crippen LogP) is 5.09. The Morgan fingerprint density at radius 2 is 1.91 bits per heavy atom. The van der Waals surface area contributed by atoms with E-state index in [1.807, 2.05) is 47.4 Å². The van der Waals surface area contributed by atoms with Gasteiger partial charge in [-0.1, -0.05) is 42.5 Å². The summed E-state index contributed by atoms with van der Waals surface area (Å²) in [7, 11) is 0. The van der Waals surface area contributed by atoms with Crippen molar-refractivity contribution in [2.45, 2.75) is 57.2 Å². The van der Waals surface area contributed by atoms with E-state index < -0.39 is 0 Å². The van der Waals surface area contributed by atoms with Crippen LogP contribution in [0.2, 0.25) is 0 Å². The van der Waals surface area contributed by atoms with E-state index in [1.54, 1.807) is 0 Å². The number of ether oxygens (including phenoxy) is 1. The van der Waals surface area contributed by atoms with Gasteiger partial charge in [0.05, 0.1) is 0 Å². The van der Waals surface area contributed by atoms with E-state index in [0.717, 1.165) is 44.1 Å². The molecule has 124 valence electrons. The maximum Gasteiger partial charge on any atom is 0.410 e. The monoisotopic (exact) mass is 313 g/mol. The van der Waals surface area contributed by atoms with Gasteiger partial charge in [-0.05, 0) is 44.1 Å². The van der Waals surface area contributed by atoms with E-state index in [-0.39, 0.29) is 18.2 Å². The minimum Gasteiger partial charge on any atom is -0.445 e. The van der Waals surface area contributed by atoms with Crippen LogP contribution in [0, 0.1) is 0 Å². The van der Waals surface area contributed by atoms with Gasteiger partial charge in [-0.25, -0.2) is 4.79 Å². The molecule has 0 spiro atoms. The maximum atomic E-state index is 12.7. The van der Waals surface area contributed by atoms with Gasteiger partial charge in [-0.3, -0.25) is 0 Å². The molecule has 1 fully saturated rings. The fourth-order valence-corrected chi connectivity index (χ4v) is 3.27. The average Bonchev–Trinajstić information content (AvgIpc) is 2.59. The zero-order valence-corrected chi connectivity index (χ0v) is 13.8. The van der Waals surface area contributed by atoms with Crippen LogP contribution in [-0.2, 0) is 11.3 Å². The van der Waals surface area contributed by atoms with E-state index in [9.17, 15) is 4.79 Å². The average molecular weight is 313 g/mol. The van der Waals surface area contributed by atoms with Crippen molar-refractivity contribution in [2.75, 3.05) is 0 Å². The third-order valence-electron chi connectivity index (χ3n) is 4.42. The maximum absolute atomic E-state index is 12.7. The fourth-order valence-electron chi connectivity index (χ4n) is 3.27. The summed E-state index contributed by atoms with van der Waals surface area (Å²) in [6, 6.07) is 10.3. The second-order valence-electron chi connectivity index (χ2n) is 6.08. The molecule has 1 heterocycles. The second kappa shape index (κ2) is 9.19. The minimum absolute atomic E-state index is 0.200. The molecule has 1 aromatic rings. The third-order valence-corrected chi connectivity index (χ3v) is 4.42. The van der Waals surface area contributed by atoms with E-state index >= 15 is 0 Å². The molecule has 2 atom stereocenters. The SMILES string of the molecule is C=CCC[C@H]1CCC[C@@H](CC=C)N1C(=O)OCc1ccccc1. The van der Waals surface area contributed by atoms with E-state index in [2.05, 4.69) is 13.2 Å². The predicted molar refractivity (Wildman–Crippen MR) is 94.1 cm³/mol. The summed E-state index contributed by atoms with van der Waals surface area (Å²) in [5, 5.41) is 0. The highest BCUT2D eigenvalue weighted by atomic mass is 16.6. The van der Waals surface area contributed by atoms with Crippen molar-refractivity contribution in [1.82, 2.24) is 4.90 Å². The van der Waals surface area contributed by atoms with Crippen LogP contribution >= 0.6 is 0 Å². The number of amides is 1. The van der Waals surface area contributed by atoms with Crippen LogP contribution in [0.5, 0.6) is 0 Å². The van der Waals surface area contributed by atoms with Crippen LogP contribution in [-0.4, -0.2) is 23.1 Å².